The summed E-state index contributed by atoms with van der Waals surface area (Å²) in [6.45, 7) is 8.75. The monoisotopic (exact) mass is 256 g/mol. The van der Waals surface area contributed by atoms with E-state index < -0.39 is 0 Å². The summed E-state index contributed by atoms with van der Waals surface area (Å²) < 4.78 is 4.62. The van der Waals surface area contributed by atoms with E-state index in [1.807, 2.05) is 0 Å². The van der Waals surface area contributed by atoms with E-state index in [1.165, 1.54) is 7.11 Å². The van der Waals surface area contributed by atoms with E-state index in [1.54, 1.807) is 0 Å². The van der Waals surface area contributed by atoms with Gasteiger partial charge in [-0.1, -0.05) is 0 Å². The van der Waals surface area contributed by atoms with E-state index in [2.05, 4.69) is 25.2 Å². The lowest BCUT2D eigenvalue weighted by atomic mass is 10.3. The van der Waals surface area contributed by atoms with E-state index >= 15 is 0 Å². The number of hydrogen-bond acceptors (Lipinski definition) is 5. The Labute approximate surface area is 109 Å². The van der Waals surface area contributed by atoms with Gasteiger partial charge in [0.2, 0.25) is 0 Å². The van der Waals surface area contributed by atoms with Gasteiger partial charge in [0.1, 0.15) is 0 Å². The van der Waals surface area contributed by atoms with Crippen LogP contribution in [-0.4, -0.2) is 81.4 Å². The number of amides is 1. The molecule has 6 heteroatoms. The van der Waals surface area contributed by atoms with Crippen LogP contribution in [0.5, 0.6) is 0 Å². The molecule has 0 spiro atoms. The number of hydrogen-bond donors (Lipinski definition) is 2. The zero-order valence-electron chi connectivity index (χ0n) is 11.2. The Morgan fingerprint density at radius 1 is 1.28 bits per heavy atom. The Bertz CT molecular complexity index is 269. The van der Waals surface area contributed by atoms with Gasteiger partial charge in [-0.3, -0.25) is 9.80 Å². The highest BCUT2D eigenvalue weighted by atomic mass is 16.5. The van der Waals surface area contributed by atoms with Gasteiger partial charge in [-0.15, -0.1) is 0 Å². The Hall–Kier alpha value is -0.850. The molecule has 0 bridgehead atoms. The smallest absolute Gasteiger partial charge is 0.407 e. The maximum Gasteiger partial charge on any atom is 0.407 e. The number of rotatable bonds is 4. The number of likely N-dealkylation sites (tertiary alicyclic amines) is 1. The number of alkyl carbamates (subject to hydrolysis) is 1. The van der Waals surface area contributed by atoms with Crippen LogP contribution in [0.2, 0.25) is 0 Å². The summed E-state index contributed by atoms with van der Waals surface area (Å²) in [6, 6.07) is 0.250. The van der Waals surface area contributed by atoms with E-state index in [-0.39, 0.29) is 12.1 Å². The van der Waals surface area contributed by atoms with E-state index in [0.29, 0.717) is 0 Å². The molecule has 0 aromatic rings. The molecule has 0 aliphatic carbocycles. The average molecular weight is 256 g/mol. The zero-order valence-corrected chi connectivity index (χ0v) is 11.2. The van der Waals surface area contributed by atoms with Crippen LogP contribution in [0.4, 0.5) is 4.79 Å². The highest BCUT2D eigenvalue weighted by Crippen LogP contribution is 2.09. The fourth-order valence-corrected chi connectivity index (χ4v) is 2.60. The molecule has 1 amide bonds. The second kappa shape index (κ2) is 6.92. The summed E-state index contributed by atoms with van der Waals surface area (Å²) in [5.41, 5.74) is 0. The number of nitrogens with zero attached hydrogens (tertiary/aromatic N) is 2. The molecule has 104 valence electrons. The SMILES string of the molecule is COC(=O)NC1CCN(CCN2CCNCC2)C1. The molecule has 2 heterocycles. The Balaban J connectivity index is 1.61. The fourth-order valence-electron chi connectivity index (χ4n) is 2.60. The predicted molar refractivity (Wildman–Crippen MR) is 69.7 cm³/mol. The minimum atomic E-state index is -0.316. The first kappa shape index (κ1) is 13.6. The normalized spacial score (nSPS) is 26.2. The lowest BCUT2D eigenvalue weighted by molar-refractivity contribution is 0.165. The third-order valence-corrected chi connectivity index (χ3v) is 3.72. The van der Waals surface area contributed by atoms with Crippen molar-refractivity contribution in [1.29, 1.82) is 0 Å². The molecule has 2 rings (SSSR count). The lowest BCUT2D eigenvalue weighted by Crippen LogP contribution is -2.46. The first-order chi connectivity index (χ1) is 8.78. The third-order valence-electron chi connectivity index (χ3n) is 3.72. The lowest BCUT2D eigenvalue weighted by Gasteiger charge is -2.29. The number of methoxy groups -OCH3 is 1. The van der Waals surface area contributed by atoms with Crippen molar-refractivity contribution in [2.45, 2.75) is 12.5 Å². The molecule has 0 aromatic carbocycles. The maximum atomic E-state index is 11.1. The molecule has 0 radical (unpaired) electrons. The fraction of sp³-hybridized carbons (Fsp3) is 0.917. The van der Waals surface area contributed by atoms with E-state index in [0.717, 1.165) is 58.8 Å². The molecule has 2 saturated heterocycles. The Morgan fingerprint density at radius 3 is 2.72 bits per heavy atom. The van der Waals surface area contributed by atoms with Gasteiger partial charge in [-0.2, -0.15) is 0 Å². The maximum absolute atomic E-state index is 11.1. The van der Waals surface area contributed by atoms with E-state index in [4.69, 9.17) is 0 Å². The van der Waals surface area contributed by atoms with Crippen LogP contribution in [0.25, 0.3) is 0 Å². The van der Waals surface area contributed by atoms with E-state index in [9.17, 15) is 4.79 Å². The van der Waals surface area contributed by atoms with Crippen molar-refractivity contribution in [3.05, 3.63) is 0 Å². The summed E-state index contributed by atoms with van der Waals surface area (Å²) in [7, 11) is 1.41. The summed E-state index contributed by atoms with van der Waals surface area (Å²) in [4.78, 5) is 16.0. The number of piperazine rings is 1. The molecule has 6 nitrogen and oxygen atoms in total. The molecule has 2 N–H and O–H groups in total. The van der Waals surface area contributed by atoms with Crippen molar-refractivity contribution in [3.8, 4) is 0 Å². The van der Waals surface area contributed by atoms with Crippen LogP contribution in [0.1, 0.15) is 6.42 Å². The third kappa shape index (κ3) is 4.12. The quantitative estimate of drug-likeness (QED) is 0.698. The predicted octanol–water partition coefficient (Wildman–Crippen LogP) is -0.678. The van der Waals surface area contributed by atoms with Gasteiger partial charge in [-0.25, -0.2) is 4.79 Å². The molecule has 1 unspecified atom stereocenters. The number of ether oxygens (including phenoxy) is 1. The van der Waals surface area contributed by atoms with Gasteiger partial charge in [-0.05, 0) is 6.42 Å². The molecule has 1 atom stereocenters. The standard InChI is InChI=1S/C12H24N4O2/c1-18-12(17)14-11-2-5-16(10-11)9-8-15-6-3-13-4-7-15/h11,13H,2-10H2,1H3,(H,14,17). The molecule has 0 saturated carbocycles. The van der Waals surface area contributed by atoms with Gasteiger partial charge in [0.15, 0.2) is 0 Å². The molecule has 2 fully saturated rings. The Kier molecular flexibility index (Phi) is 5.22. The number of carbonyl (C=O) groups excluding carboxylic acids is 1. The molecular formula is C12H24N4O2. The van der Waals surface area contributed by atoms with Gasteiger partial charge in [0, 0.05) is 58.4 Å². The second-order valence-electron chi connectivity index (χ2n) is 5.01. The first-order valence-electron chi connectivity index (χ1n) is 6.78. The van der Waals surface area contributed by atoms with Crippen molar-refractivity contribution in [3.63, 3.8) is 0 Å². The van der Waals surface area contributed by atoms with Crippen LogP contribution in [0, 0.1) is 0 Å². The van der Waals surface area contributed by atoms with Crippen molar-refractivity contribution in [2.75, 3.05) is 59.5 Å². The summed E-state index contributed by atoms with van der Waals surface area (Å²) in [5, 5.41) is 6.23. The van der Waals surface area contributed by atoms with Gasteiger partial charge in [0.25, 0.3) is 0 Å². The van der Waals surface area contributed by atoms with Crippen LogP contribution in [-0.2, 0) is 4.74 Å². The van der Waals surface area contributed by atoms with Crippen LogP contribution in [0.15, 0.2) is 0 Å². The zero-order chi connectivity index (χ0) is 12.8. The average Bonchev–Trinajstić information content (AvgIpc) is 2.85. The number of carbonyl (C=O) groups is 1. The highest BCUT2D eigenvalue weighted by molar-refractivity contribution is 5.67. The number of nitrogens with one attached hydrogen (secondary N) is 2. The Morgan fingerprint density at radius 2 is 2.00 bits per heavy atom. The summed E-state index contributed by atoms with van der Waals surface area (Å²) in [5.74, 6) is 0. The molecule has 0 aromatic heterocycles. The van der Waals surface area contributed by atoms with Crippen molar-refractivity contribution in [1.82, 2.24) is 20.4 Å². The summed E-state index contributed by atoms with van der Waals surface area (Å²) >= 11 is 0. The topological polar surface area (TPSA) is 56.8 Å². The molecule has 2 aliphatic rings. The molecular weight excluding hydrogens is 232 g/mol. The first-order valence-corrected chi connectivity index (χ1v) is 6.78. The van der Waals surface area contributed by atoms with Gasteiger partial charge >= 0.3 is 6.09 Å². The highest BCUT2D eigenvalue weighted by Gasteiger charge is 2.24. The van der Waals surface area contributed by atoms with Crippen molar-refractivity contribution >= 4 is 6.09 Å². The molecule has 18 heavy (non-hydrogen) atoms. The second-order valence-corrected chi connectivity index (χ2v) is 5.01. The van der Waals surface area contributed by atoms with Crippen molar-refractivity contribution in [2.24, 2.45) is 0 Å². The minimum absolute atomic E-state index is 0.250. The summed E-state index contributed by atoms with van der Waals surface area (Å²) in [6.07, 6.45) is 0.709. The molecule has 2 aliphatic heterocycles. The van der Waals surface area contributed by atoms with Crippen LogP contribution in [0.3, 0.4) is 0 Å². The van der Waals surface area contributed by atoms with Crippen LogP contribution < -0.4 is 10.6 Å². The minimum Gasteiger partial charge on any atom is -0.453 e. The van der Waals surface area contributed by atoms with Crippen molar-refractivity contribution < 1.29 is 9.53 Å². The van der Waals surface area contributed by atoms with Crippen LogP contribution >= 0.6 is 0 Å². The largest absolute Gasteiger partial charge is 0.453 e. The van der Waals surface area contributed by atoms with Gasteiger partial charge in [0.05, 0.1) is 7.11 Å². The van der Waals surface area contributed by atoms with Gasteiger partial charge < -0.3 is 15.4 Å².